The molecular formula is C29H53ClO18. The van der Waals surface area contributed by atoms with Gasteiger partial charge in [-0.1, -0.05) is 13.8 Å². The smallest absolute Gasteiger partial charge is 0.465 e. The van der Waals surface area contributed by atoms with Gasteiger partial charge in [0.25, 0.3) is 0 Å². The molecule has 4 N–H and O–H groups in total. The van der Waals surface area contributed by atoms with Gasteiger partial charge in [-0.3, -0.25) is 4.79 Å². The average molecular weight is 725 g/mol. The normalized spacial score (nSPS) is 13.8. The Labute approximate surface area is 285 Å². The maximum atomic E-state index is 10.9. The van der Waals surface area contributed by atoms with E-state index in [2.05, 4.69) is 33.2 Å². The van der Waals surface area contributed by atoms with Gasteiger partial charge >= 0.3 is 30.6 Å². The van der Waals surface area contributed by atoms with Crippen LogP contribution in [0.4, 0.5) is 19.2 Å². The van der Waals surface area contributed by atoms with Gasteiger partial charge in [0.2, 0.25) is 0 Å². The van der Waals surface area contributed by atoms with Crippen LogP contribution in [0, 0.1) is 11.8 Å². The van der Waals surface area contributed by atoms with Crippen molar-refractivity contribution in [2.45, 2.75) is 79.3 Å². The fourth-order valence-electron chi connectivity index (χ4n) is 2.06. The number of alkyl halides is 1. The maximum Gasteiger partial charge on any atom is 0.508 e. The summed E-state index contributed by atoms with van der Waals surface area (Å²) in [6.07, 6.45) is -5.99. The zero-order valence-electron chi connectivity index (χ0n) is 28.6. The van der Waals surface area contributed by atoms with Crippen molar-refractivity contribution in [1.82, 2.24) is 0 Å². The molecule has 18 nitrogen and oxygen atoms in total. The summed E-state index contributed by atoms with van der Waals surface area (Å²) >= 11 is 5.49. The molecule has 0 aliphatic heterocycles. The second-order valence-electron chi connectivity index (χ2n) is 10.5. The molecule has 284 valence electrons. The lowest BCUT2D eigenvalue weighted by Crippen LogP contribution is -2.20. The fourth-order valence-corrected chi connectivity index (χ4v) is 2.15. The Morgan fingerprint density at radius 3 is 1.02 bits per heavy atom. The van der Waals surface area contributed by atoms with Gasteiger partial charge in [-0.15, -0.1) is 11.6 Å². The van der Waals surface area contributed by atoms with Gasteiger partial charge in [0, 0.05) is 31.1 Å². The summed E-state index contributed by atoms with van der Waals surface area (Å²) in [5, 5.41) is 35.3. The molecule has 0 aliphatic rings. The van der Waals surface area contributed by atoms with Crippen molar-refractivity contribution in [2.75, 3.05) is 65.3 Å². The topological polar surface area (TPSA) is 249 Å². The highest BCUT2D eigenvalue weighted by atomic mass is 35.5. The third-order valence-electron chi connectivity index (χ3n) is 4.30. The second kappa shape index (κ2) is 32.2. The molecule has 6 atom stereocenters. The van der Waals surface area contributed by atoms with Crippen molar-refractivity contribution in [1.29, 1.82) is 0 Å². The first-order chi connectivity index (χ1) is 22.4. The van der Waals surface area contributed by atoms with Crippen LogP contribution in [0.1, 0.15) is 54.9 Å². The Morgan fingerprint density at radius 2 is 0.729 bits per heavy atom. The van der Waals surface area contributed by atoms with Crippen molar-refractivity contribution in [3.05, 3.63) is 0 Å². The van der Waals surface area contributed by atoms with Crippen LogP contribution < -0.4 is 0 Å². The number of hydrogen-bond donors (Lipinski definition) is 4. The molecule has 0 bridgehead atoms. The van der Waals surface area contributed by atoms with E-state index in [0.29, 0.717) is 5.88 Å². The number of ether oxygens (including phenoxy) is 9. The summed E-state index contributed by atoms with van der Waals surface area (Å²) < 4.78 is 41.5. The van der Waals surface area contributed by atoms with Gasteiger partial charge in [-0.05, 0) is 27.7 Å². The van der Waals surface area contributed by atoms with Crippen LogP contribution in [0.3, 0.4) is 0 Å². The molecule has 0 radical (unpaired) electrons. The quantitative estimate of drug-likeness (QED) is 0.0646. The number of hydrogen-bond acceptors (Lipinski definition) is 18. The molecule has 0 rings (SSSR count). The number of aliphatic hydroxyl groups is 4. The molecule has 0 aromatic rings. The van der Waals surface area contributed by atoms with Crippen molar-refractivity contribution in [3.63, 3.8) is 0 Å². The van der Waals surface area contributed by atoms with Crippen molar-refractivity contribution in [3.8, 4) is 0 Å². The summed E-state index contributed by atoms with van der Waals surface area (Å²) in [5.74, 6) is 0.0799. The third kappa shape index (κ3) is 42.7. The molecular weight excluding hydrogens is 672 g/mol. The highest BCUT2D eigenvalue weighted by Gasteiger charge is 2.11. The molecule has 0 amide bonds. The van der Waals surface area contributed by atoms with E-state index in [9.17, 15) is 24.0 Å². The first-order valence-corrected chi connectivity index (χ1v) is 15.5. The lowest BCUT2D eigenvalue weighted by molar-refractivity contribution is -0.142. The number of carbonyl (C=O) groups excluding carboxylic acids is 5. The molecule has 0 heterocycles. The fraction of sp³-hybridized carbons (Fsp3) is 0.828. The molecule has 19 heteroatoms. The number of rotatable bonds is 19. The van der Waals surface area contributed by atoms with Gasteiger partial charge in [0.15, 0.2) is 0 Å². The van der Waals surface area contributed by atoms with Crippen molar-refractivity contribution >= 4 is 42.2 Å². The Hall–Kier alpha value is -3.32. The predicted molar refractivity (Wildman–Crippen MR) is 166 cm³/mol. The van der Waals surface area contributed by atoms with Gasteiger partial charge in [0.05, 0.1) is 50.8 Å². The number of esters is 1. The number of halogens is 1. The molecule has 6 unspecified atom stereocenters. The molecule has 0 aromatic carbocycles. The standard InChI is InChI=1S/C11H20O8.C10H18O6.C8H15ClO4/c1-8(12)6-18-10(14)16-4-3-5-17-11(15)19-7-9(2)13;1-7(4-14-9(3)12)5-15-10(13)16-6-8(2)11;1-6(3-9)4-12-8(11)13-5-7(2)10/h8-9,12-13H,3-7H2,1-2H3;7-8,11H,4-6H2,1-3H3;6-7,10H,3-5H2,1-2H3. The van der Waals surface area contributed by atoms with E-state index < -0.39 is 49.0 Å². The van der Waals surface area contributed by atoms with E-state index in [1.165, 1.54) is 34.6 Å². The molecule has 0 aliphatic carbocycles. The summed E-state index contributed by atoms with van der Waals surface area (Å²) in [5.41, 5.74) is 0. The zero-order chi connectivity index (χ0) is 37.5. The minimum atomic E-state index is -0.891. The Kier molecular flexibility index (Phi) is 33.0. The summed E-state index contributed by atoms with van der Waals surface area (Å²) in [7, 11) is 0. The van der Waals surface area contributed by atoms with Crippen LogP contribution in [0.25, 0.3) is 0 Å². The summed E-state index contributed by atoms with van der Waals surface area (Å²) in [6.45, 7) is 11.0. The zero-order valence-corrected chi connectivity index (χ0v) is 29.4. The van der Waals surface area contributed by atoms with Crippen LogP contribution in [-0.2, 0) is 47.4 Å². The van der Waals surface area contributed by atoms with E-state index in [1.807, 2.05) is 6.92 Å². The summed E-state index contributed by atoms with van der Waals surface area (Å²) in [6, 6.07) is 0. The SMILES string of the molecule is CC(=O)OCC(C)COC(=O)OCC(C)O.CC(O)COC(=O)OCC(C)CCl.CC(O)COC(=O)OCCCOC(=O)OCC(C)O. The van der Waals surface area contributed by atoms with Gasteiger partial charge < -0.3 is 63.1 Å². The van der Waals surface area contributed by atoms with Crippen molar-refractivity contribution in [2.24, 2.45) is 11.8 Å². The van der Waals surface area contributed by atoms with E-state index in [4.69, 9.17) is 41.5 Å². The van der Waals surface area contributed by atoms with Gasteiger partial charge in [-0.25, -0.2) is 19.2 Å². The lowest BCUT2D eigenvalue weighted by Gasteiger charge is -2.12. The largest absolute Gasteiger partial charge is 0.508 e. The van der Waals surface area contributed by atoms with Crippen molar-refractivity contribution < 1.29 is 87.0 Å². The molecule has 48 heavy (non-hydrogen) atoms. The summed E-state index contributed by atoms with van der Waals surface area (Å²) in [4.78, 5) is 54.0. The highest BCUT2D eigenvalue weighted by Crippen LogP contribution is 2.01. The second-order valence-corrected chi connectivity index (χ2v) is 10.8. The third-order valence-corrected chi connectivity index (χ3v) is 4.83. The Bertz CT molecular complexity index is 826. The molecule has 0 saturated heterocycles. The molecule has 0 fully saturated rings. The molecule has 0 spiro atoms. The van der Waals surface area contributed by atoms with Crippen LogP contribution in [-0.4, -0.2) is 141 Å². The average Bonchev–Trinajstić information content (AvgIpc) is 3.01. The van der Waals surface area contributed by atoms with E-state index in [1.54, 1.807) is 6.92 Å². The first-order valence-electron chi connectivity index (χ1n) is 15.0. The predicted octanol–water partition coefficient (Wildman–Crippen LogP) is 2.56. The van der Waals surface area contributed by atoms with Gasteiger partial charge in [-0.2, -0.15) is 0 Å². The van der Waals surface area contributed by atoms with Crippen LogP contribution in [0.15, 0.2) is 0 Å². The maximum absolute atomic E-state index is 10.9. The van der Waals surface area contributed by atoms with E-state index in [0.717, 1.165) is 0 Å². The number of aliphatic hydroxyl groups excluding tert-OH is 4. The highest BCUT2D eigenvalue weighted by molar-refractivity contribution is 6.18. The molecule has 0 saturated carbocycles. The number of carbonyl (C=O) groups is 5. The molecule has 0 aromatic heterocycles. The lowest BCUT2D eigenvalue weighted by atomic mass is 10.2. The minimum absolute atomic E-state index is 0.0162. The first kappa shape index (κ1) is 49.1. The van der Waals surface area contributed by atoms with E-state index >= 15 is 0 Å². The van der Waals surface area contributed by atoms with E-state index in [-0.39, 0.29) is 83.7 Å². The van der Waals surface area contributed by atoms with Crippen LogP contribution >= 0.6 is 11.6 Å². The Morgan fingerprint density at radius 1 is 0.458 bits per heavy atom. The van der Waals surface area contributed by atoms with Crippen LogP contribution in [0.5, 0.6) is 0 Å². The van der Waals surface area contributed by atoms with Crippen LogP contribution in [0.2, 0.25) is 0 Å². The Balaban J connectivity index is -0.000000645. The minimum Gasteiger partial charge on any atom is -0.465 e. The van der Waals surface area contributed by atoms with Gasteiger partial charge in [0.1, 0.15) is 33.0 Å². The monoisotopic (exact) mass is 724 g/mol.